The molecule has 2 aromatic carbocycles. The highest BCUT2D eigenvalue weighted by Crippen LogP contribution is 2.25. The summed E-state index contributed by atoms with van der Waals surface area (Å²) in [7, 11) is -8.20. The molecule has 0 aromatic heterocycles. The molecule has 0 heterocycles. The molecule has 0 bridgehead atoms. The zero-order valence-electron chi connectivity index (χ0n) is 20.4. The minimum Gasteiger partial charge on any atom is -0.304 e. The van der Waals surface area contributed by atoms with E-state index in [9.17, 15) is 27.4 Å². The maximum atomic E-state index is 12.7. The van der Waals surface area contributed by atoms with Gasteiger partial charge in [-0.05, 0) is 57.7 Å². The molecule has 184 valence electrons. The van der Waals surface area contributed by atoms with Gasteiger partial charge >= 0.3 is 0 Å². The fourth-order valence-electron chi connectivity index (χ4n) is 3.15. The summed E-state index contributed by atoms with van der Waals surface area (Å²) in [6.45, 7) is 13.7. The second-order valence-electron chi connectivity index (χ2n) is 7.81. The van der Waals surface area contributed by atoms with Crippen LogP contribution in [0, 0.1) is 36.5 Å². The van der Waals surface area contributed by atoms with Crippen LogP contribution in [0.2, 0.25) is 0 Å². The Morgan fingerprint density at radius 3 is 1.18 bits per heavy atom. The fourth-order valence-corrected chi connectivity index (χ4v) is 6.13. The van der Waals surface area contributed by atoms with Crippen LogP contribution in [0.5, 0.6) is 0 Å². The Bertz CT molecular complexity index is 1110. The third kappa shape index (κ3) is 7.66. The molecular formula is C25H33N3O4S2. The lowest BCUT2D eigenvalue weighted by molar-refractivity contribution is 0.321. The number of nitriles is 2. The van der Waals surface area contributed by atoms with E-state index in [0.717, 1.165) is 11.1 Å². The predicted molar refractivity (Wildman–Crippen MR) is 134 cm³/mol. The van der Waals surface area contributed by atoms with E-state index in [0.29, 0.717) is 0 Å². The largest absolute Gasteiger partial charge is 0.304 e. The van der Waals surface area contributed by atoms with Crippen molar-refractivity contribution in [1.82, 2.24) is 4.90 Å². The summed E-state index contributed by atoms with van der Waals surface area (Å²) in [5.41, 5.74) is 1.69. The average molecular weight is 504 g/mol. The van der Waals surface area contributed by atoms with Crippen LogP contribution in [-0.2, 0) is 19.7 Å². The van der Waals surface area contributed by atoms with Gasteiger partial charge in [-0.1, -0.05) is 56.2 Å². The molecule has 2 unspecified atom stereocenters. The smallest absolute Gasteiger partial charge is 0.194 e. The van der Waals surface area contributed by atoms with Crippen LogP contribution >= 0.6 is 0 Å². The predicted octanol–water partition coefficient (Wildman–Crippen LogP) is 4.07. The maximum absolute atomic E-state index is 12.7. The molecule has 9 heteroatoms. The van der Waals surface area contributed by atoms with Gasteiger partial charge in [0.15, 0.2) is 30.2 Å². The van der Waals surface area contributed by atoms with E-state index in [1.807, 2.05) is 0 Å². The van der Waals surface area contributed by atoms with Crippen molar-refractivity contribution >= 4 is 19.7 Å². The molecule has 0 N–H and O–H groups in total. The molecule has 2 rings (SSSR count). The summed E-state index contributed by atoms with van der Waals surface area (Å²) in [5, 5.41) is 15.4. The molecule has 0 aliphatic rings. The van der Waals surface area contributed by atoms with Crippen LogP contribution in [0.25, 0.3) is 0 Å². The minimum absolute atomic E-state index is 0.0796. The van der Waals surface area contributed by atoms with Gasteiger partial charge in [-0.15, -0.1) is 0 Å². The summed E-state index contributed by atoms with van der Waals surface area (Å²) < 4.78 is 50.8. The van der Waals surface area contributed by atoms with Gasteiger partial charge in [0.25, 0.3) is 0 Å². The molecule has 2 aromatic rings. The van der Waals surface area contributed by atoms with Gasteiger partial charge in [0, 0.05) is 6.42 Å². The lowest BCUT2D eigenvalue weighted by atomic mass is 10.2. The van der Waals surface area contributed by atoms with Crippen molar-refractivity contribution in [3.63, 3.8) is 0 Å². The molecule has 0 aliphatic heterocycles. The maximum Gasteiger partial charge on any atom is 0.194 e. The third-order valence-corrected chi connectivity index (χ3v) is 9.46. The Morgan fingerprint density at radius 1 is 0.676 bits per heavy atom. The molecule has 0 amide bonds. The molecular weight excluding hydrogens is 470 g/mol. The summed E-state index contributed by atoms with van der Waals surface area (Å²) in [4.78, 5) is 2.22. The van der Waals surface area contributed by atoms with E-state index in [4.69, 9.17) is 0 Å². The van der Waals surface area contributed by atoms with Gasteiger partial charge in [-0.2, -0.15) is 10.5 Å². The van der Waals surface area contributed by atoms with E-state index >= 15 is 0 Å². The Balaban J connectivity index is 0.000000718. The van der Waals surface area contributed by atoms with E-state index in [2.05, 4.69) is 25.7 Å². The molecule has 0 saturated carbocycles. The number of rotatable bonds is 9. The van der Waals surface area contributed by atoms with Crippen molar-refractivity contribution < 1.29 is 16.8 Å². The molecule has 0 saturated heterocycles. The Morgan fingerprint density at radius 2 is 0.971 bits per heavy atom. The van der Waals surface area contributed by atoms with E-state index in [1.54, 1.807) is 50.3 Å². The molecule has 7 nitrogen and oxygen atoms in total. The normalized spacial score (nSPS) is 13.2. The molecule has 0 radical (unpaired) electrons. The molecule has 0 aliphatic carbocycles. The van der Waals surface area contributed by atoms with Crippen LogP contribution in [0.3, 0.4) is 0 Å². The van der Waals surface area contributed by atoms with Gasteiger partial charge in [0.2, 0.25) is 0 Å². The van der Waals surface area contributed by atoms with E-state index < -0.39 is 36.6 Å². The number of nitrogens with zero attached hydrogens (tertiary/aromatic N) is 3. The van der Waals surface area contributed by atoms with Crippen molar-refractivity contribution in [2.75, 3.05) is 19.6 Å². The van der Waals surface area contributed by atoms with Crippen molar-refractivity contribution in [2.45, 2.75) is 61.3 Å². The first kappa shape index (κ1) is 29.3. The average Bonchev–Trinajstić information content (AvgIpc) is 2.81. The minimum atomic E-state index is -4.10. The highest BCUT2D eigenvalue weighted by molar-refractivity contribution is 7.93. The van der Waals surface area contributed by atoms with E-state index in [-0.39, 0.29) is 9.79 Å². The van der Waals surface area contributed by atoms with Crippen LogP contribution < -0.4 is 0 Å². The Kier molecular flexibility index (Phi) is 11.4. The van der Waals surface area contributed by atoms with Crippen molar-refractivity contribution in [1.29, 1.82) is 10.5 Å². The zero-order valence-corrected chi connectivity index (χ0v) is 22.0. The monoisotopic (exact) mass is 503 g/mol. The van der Waals surface area contributed by atoms with Crippen molar-refractivity contribution in [3.8, 4) is 12.1 Å². The first-order valence-electron chi connectivity index (χ1n) is 11.1. The molecule has 0 spiro atoms. The number of sulfone groups is 2. The van der Waals surface area contributed by atoms with Gasteiger partial charge < -0.3 is 4.90 Å². The third-order valence-electron chi connectivity index (χ3n) is 5.51. The van der Waals surface area contributed by atoms with Crippen molar-refractivity contribution in [2.24, 2.45) is 0 Å². The molecule has 2 atom stereocenters. The fraction of sp³-hybridized carbons (Fsp3) is 0.440. The molecule has 34 heavy (non-hydrogen) atoms. The van der Waals surface area contributed by atoms with Crippen LogP contribution in [-0.4, -0.2) is 51.9 Å². The number of aryl methyl sites for hydroxylation is 2. The van der Waals surface area contributed by atoms with Gasteiger partial charge in [0.1, 0.15) is 0 Å². The van der Waals surface area contributed by atoms with Crippen LogP contribution in [0.15, 0.2) is 58.3 Å². The Hall–Kier alpha value is -2.72. The Labute approximate surface area is 204 Å². The lowest BCUT2D eigenvalue weighted by Gasteiger charge is -2.15. The topological polar surface area (TPSA) is 119 Å². The first-order chi connectivity index (χ1) is 16.0. The number of hydrogen-bond acceptors (Lipinski definition) is 7. The summed E-state index contributed by atoms with van der Waals surface area (Å²) in [6, 6.07) is 15.1. The van der Waals surface area contributed by atoms with Crippen LogP contribution in [0.1, 0.15) is 38.3 Å². The summed E-state index contributed by atoms with van der Waals surface area (Å²) >= 11 is 0. The highest BCUT2D eigenvalue weighted by atomic mass is 32.2. The second-order valence-corrected chi connectivity index (χ2v) is 12.1. The van der Waals surface area contributed by atoms with E-state index in [1.165, 1.54) is 43.9 Å². The zero-order chi connectivity index (χ0) is 25.9. The van der Waals surface area contributed by atoms with Gasteiger partial charge in [-0.25, -0.2) is 16.8 Å². The second kappa shape index (κ2) is 13.2. The first-order valence-corrected chi connectivity index (χ1v) is 14.2. The molecule has 0 fully saturated rings. The SMILES string of the molecule is CCN(CC)CC.Cc1ccc(S(=O)(=O)C(C#N)CC(C#N)S(=O)(=O)c2ccc(C)cc2)cc1. The number of hydrogen-bond donors (Lipinski definition) is 0. The lowest BCUT2D eigenvalue weighted by Crippen LogP contribution is -2.29. The quantitative estimate of drug-likeness (QED) is 0.506. The van der Waals surface area contributed by atoms with Crippen LogP contribution in [0.4, 0.5) is 0 Å². The summed E-state index contributed by atoms with van der Waals surface area (Å²) in [6.07, 6.45) is -0.626. The van der Waals surface area contributed by atoms with Gasteiger partial charge in [0.05, 0.1) is 21.9 Å². The van der Waals surface area contributed by atoms with Crippen molar-refractivity contribution in [3.05, 3.63) is 59.7 Å². The number of benzene rings is 2. The van der Waals surface area contributed by atoms with Gasteiger partial charge in [-0.3, -0.25) is 0 Å². The summed E-state index contributed by atoms with van der Waals surface area (Å²) in [5.74, 6) is 0. The standard InChI is InChI=1S/C19H18N2O4S2.C6H15N/c1-14-3-7-16(8-4-14)26(22,23)18(12-20)11-19(13-21)27(24,25)17-9-5-15(2)6-10-17;1-4-7(5-2)6-3/h3-10,18-19H,11H2,1-2H3;4-6H2,1-3H3. The highest BCUT2D eigenvalue weighted by Gasteiger charge is 2.36.